The van der Waals surface area contributed by atoms with Gasteiger partial charge in [0.05, 0.1) is 12.2 Å². The van der Waals surface area contributed by atoms with Crippen molar-refractivity contribution >= 4 is 27.7 Å². The number of dihydropyridines is 1. The van der Waals surface area contributed by atoms with Crippen molar-refractivity contribution < 1.29 is 14.3 Å². The Morgan fingerprint density at radius 1 is 1.27 bits per heavy atom. The Kier molecular flexibility index (Phi) is 5.11. The first kappa shape index (κ1) is 18.9. The number of hydrogen-bond donors (Lipinski definition) is 1. The number of ketones is 1. The van der Waals surface area contributed by atoms with Gasteiger partial charge in [-0.25, -0.2) is 4.79 Å². The highest BCUT2D eigenvalue weighted by Gasteiger charge is 2.43. The summed E-state index contributed by atoms with van der Waals surface area (Å²) in [5.74, 6) is -0.650. The Morgan fingerprint density at radius 2 is 1.92 bits per heavy atom. The highest BCUT2D eigenvalue weighted by atomic mass is 79.9. The van der Waals surface area contributed by atoms with Crippen LogP contribution in [-0.2, 0) is 14.3 Å². The summed E-state index contributed by atoms with van der Waals surface area (Å²) in [7, 11) is 0. The third-order valence-corrected chi connectivity index (χ3v) is 5.47. The number of carbonyl (C=O) groups is 2. The van der Waals surface area contributed by atoms with Crippen LogP contribution in [0.25, 0.3) is 0 Å². The van der Waals surface area contributed by atoms with Crippen molar-refractivity contribution in [1.29, 1.82) is 0 Å². The van der Waals surface area contributed by atoms with E-state index in [1.165, 1.54) is 0 Å². The largest absolute Gasteiger partial charge is 0.463 e. The summed E-state index contributed by atoms with van der Waals surface area (Å²) >= 11 is 3.45. The van der Waals surface area contributed by atoms with E-state index in [0.717, 1.165) is 27.9 Å². The van der Waals surface area contributed by atoms with Crippen LogP contribution in [0.1, 0.15) is 52.0 Å². The Labute approximate surface area is 162 Å². The molecule has 0 radical (unpaired) electrons. The molecule has 0 unspecified atom stereocenters. The van der Waals surface area contributed by atoms with Crippen molar-refractivity contribution in [2.24, 2.45) is 5.41 Å². The van der Waals surface area contributed by atoms with Gasteiger partial charge in [-0.3, -0.25) is 4.79 Å². The topological polar surface area (TPSA) is 55.4 Å². The molecule has 0 amide bonds. The number of carbonyl (C=O) groups excluding carboxylic acids is 2. The molecule has 1 atom stereocenters. The average Bonchev–Trinajstić information content (AvgIpc) is 2.53. The Hall–Kier alpha value is -1.88. The Morgan fingerprint density at radius 3 is 2.54 bits per heavy atom. The molecule has 138 valence electrons. The molecule has 0 saturated heterocycles. The predicted molar refractivity (Wildman–Crippen MR) is 104 cm³/mol. The van der Waals surface area contributed by atoms with E-state index >= 15 is 0 Å². The minimum absolute atomic E-state index is 0.0884. The molecular formula is C21H24BrNO3. The van der Waals surface area contributed by atoms with Crippen molar-refractivity contribution in [1.82, 2.24) is 5.32 Å². The number of Topliss-reactive ketones (excluding diaryl/α,β-unsaturated/α-hetero) is 1. The number of rotatable bonds is 3. The number of halogens is 1. The highest BCUT2D eigenvalue weighted by molar-refractivity contribution is 9.10. The molecule has 1 heterocycles. The van der Waals surface area contributed by atoms with Gasteiger partial charge in [0, 0.05) is 33.8 Å². The van der Waals surface area contributed by atoms with Crippen LogP contribution in [0.5, 0.6) is 0 Å². The van der Waals surface area contributed by atoms with Crippen LogP contribution in [0, 0.1) is 5.41 Å². The average molecular weight is 418 g/mol. The molecule has 1 aromatic rings. The zero-order valence-electron chi connectivity index (χ0n) is 15.6. The monoisotopic (exact) mass is 417 g/mol. The van der Waals surface area contributed by atoms with Gasteiger partial charge in [0.1, 0.15) is 0 Å². The minimum atomic E-state index is -0.387. The maximum atomic E-state index is 13.0. The van der Waals surface area contributed by atoms with E-state index in [1.807, 2.05) is 31.2 Å². The summed E-state index contributed by atoms with van der Waals surface area (Å²) < 4.78 is 6.26. The standard InChI is InChI=1S/C21H24BrNO3/c1-5-26-20(25)17-12(2)23-15-10-21(3,4)11-16(24)19(15)18(17)13-6-8-14(22)9-7-13/h6-9,18,23H,5,10-11H2,1-4H3/t18-/m0/s1. The lowest BCUT2D eigenvalue weighted by atomic mass is 9.68. The molecule has 0 aromatic heterocycles. The van der Waals surface area contributed by atoms with Crippen LogP contribution in [0.4, 0.5) is 0 Å². The van der Waals surface area contributed by atoms with Gasteiger partial charge in [0.25, 0.3) is 0 Å². The fourth-order valence-electron chi connectivity index (χ4n) is 3.90. The molecule has 0 saturated carbocycles. The molecule has 26 heavy (non-hydrogen) atoms. The maximum absolute atomic E-state index is 13.0. The Bertz CT molecular complexity index is 818. The molecule has 1 aromatic carbocycles. The van der Waals surface area contributed by atoms with E-state index < -0.39 is 0 Å². The molecule has 3 rings (SSSR count). The van der Waals surface area contributed by atoms with E-state index in [9.17, 15) is 9.59 Å². The van der Waals surface area contributed by atoms with Gasteiger partial charge in [-0.15, -0.1) is 0 Å². The lowest BCUT2D eigenvalue weighted by Crippen LogP contribution is -2.38. The van der Waals surface area contributed by atoms with Crippen molar-refractivity contribution in [3.8, 4) is 0 Å². The van der Waals surface area contributed by atoms with Gasteiger partial charge >= 0.3 is 5.97 Å². The SMILES string of the molecule is CCOC(=O)C1=C(C)NC2=C(C(=O)CC(C)(C)C2)[C@H]1c1ccc(Br)cc1. The molecule has 0 fully saturated rings. The minimum Gasteiger partial charge on any atom is -0.463 e. The third kappa shape index (κ3) is 3.50. The van der Waals surface area contributed by atoms with Crippen LogP contribution in [0.2, 0.25) is 0 Å². The first-order valence-electron chi connectivity index (χ1n) is 8.90. The number of benzene rings is 1. The fraction of sp³-hybridized carbons (Fsp3) is 0.429. The first-order chi connectivity index (χ1) is 12.2. The molecule has 1 aliphatic heterocycles. The summed E-state index contributed by atoms with van der Waals surface area (Å²) in [5, 5.41) is 3.33. The number of nitrogens with one attached hydrogen (secondary N) is 1. The number of allylic oxidation sites excluding steroid dienone is 3. The molecule has 5 heteroatoms. The fourth-order valence-corrected chi connectivity index (χ4v) is 4.17. The van der Waals surface area contributed by atoms with E-state index in [1.54, 1.807) is 6.92 Å². The normalized spacial score (nSPS) is 22.0. The molecule has 0 spiro atoms. The van der Waals surface area contributed by atoms with Crippen LogP contribution < -0.4 is 5.32 Å². The Balaban J connectivity index is 2.17. The second-order valence-electron chi connectivity index (χ2n) is 7.70. The molecule has 4 nitrogen and oxygen atoms in total. The van der Waals surface area contributed by atoms with E-state index in [-0.39, 0.29) is 23.1 Å². The highest BCUT2D eigenvalue weighted by Crippen LogP contribution is 2.46. The smallest absolute Gasteiger partial charge is 0.336 e. The summed E-state index contributed by atoms with van der Waals surface area (Å²) in [4.78, 5) is 25.8. The summed E-state index contributed by atoms with van der Waals surface area (Å²) in [6, 6.07) is 7.80. The van der Waals surface area contributed by atoms with Crippen molar-refractivity contribution in [3.63, 3.8) is 0 Å². The number of ether oxygens (including phenoxy) is 1. The van der Waals surface area contributed by atoms with E-state index in [0.29, 0.717) is 24.2 Å². The summed E-state index contributed by atoms with van der Waals surface area (Å²) in [6.45, 7) is 8.18. The van der Waals surface area contributed by atoms with Gasteiger partial charge in [-0.2, -0.15) is 0 Å². The quantitative estimate of drug-likeness (QED) is 0.729. The van der Waals surface area contributed by atoms with Gasteiger partial charge < -0.3 is 10.1 Å². The number of esters is 1. The van der Waals surface area contributed by atoms with Crippen LogP contribution in [0.3, 0.4) is 0 Å². The zero-order valence-corrected chi connectivity index (χ0v) is 17.2. The van der Waals surface area contributed by atoms with Crippen molar-refractivity contribution in [2.45, 2.75) is 46.5 Å². The van der Waals surface area contributed by atoms with Gasteiger partial charge in [-0.05, 0) is 43.4 Å². The summed E-state index contributed by atoms with van der Waals surface area (Å²) in [6.07, 6.45) is 1.27. The lowest BCUT2D eigenvalue weighted by molar-refractivity contribution is -0.138. The predicted octanol–water partition coefficient (Wildman–Crippen LogP) is 4.62. The zero-order chi connectivity index (χ0) is 19.1. The molecule has 1 N–H and O–H groups in total. The van der Waals surface area contributed by atoms with Crippen molar-refractivity contribution in [2.75, 3.05) is 6.61 Å². The van der Waals surface area contributed by atoms with E-state index in [4.69, 9.17) is 4.74 Å². The second kappa shape index (κ2) is 7.03. The van der Waals surface area contributed by atoms with Gasteiger partial charge in [-0.1, -0.05) is 41.9 Å². The van der Waals surface area contributed by atoms with Gasteiger partial charge in [0.2, 0.25) is 0 Å². The molecule has 1 aliphatic carbocycles. The van der Waals surface area contributed by atoms with Crippen molar-refractivity contribution in [3.05, 3.63) is 56.8 Å². The number of hydrogen-bond acceptors (Lipinski definition) is 4. The van der Waals surface area contributed by atoms with Crippen LogP contribution in [0.15, 0.2) is 51.3 Å². The summed E-state index contributed by atoms with van der Waals surface area (Å²) in [5.41, 5.74) is 3.78. The van der Waals surface area contributed by atoms with Crippen LogP contribution in [-0.4, -0.2) is 18.4 Å². The second-order valence-corrected chi connectivity index (χ2v) is 8.62. The van der Waals surface area contributed by atoms with Crippen LogP contribution >= 0.6 is 15.9 Å². The molecule has 2 aliphatic rings. The molecular weight excluding hydrogens is 394 g/mol. The molecule has 0 bridgehead atoms. The van der Waals surface area contributed by atoms with E-state index in [2.05, 4.69) is 35.1 Å². The van der Waals surface area contributed by atoms with Gasteiger partial charge in [0.15, 0.2) is 5.78 Å². The first-order valence-corrected chi connectivity index (χ1v) is 9.69. The lowest BCUT2D eigenvalue weighted by Gasteiger charge is -2.39. The maximum Gasteiger partial charge on any atom is 0.336 e. The third-order valence-electron chi connectivity index (χ3n) is 4.94.